The summed E-state index contributed by atoms with van der Waals surface area (Å²) in [4.78, 5) is 21.8. The van der Waals surface area contributed by atoms with Gasteiger partial charge in [0, 0.05) is 11.4 Å². The highest BCUT2D eigenvalue weighted by Gasteiger charge is 2.36. The summed E-state index contributed by atoms with van der Waals surface area (Å²) in [5, 5.41) is 12.3. The molecule has 0 saturated heterocycles. The van der Waals surface area contributed by atoms with E-state index in [4.69, 9.17) is 16.7 Å². The molecule has 0 fully saturated rings. The Balaban J connectivity index is 2.21. The molecule has 4 nitrogen and oxygen atoms in total. The first kappa shape index (κ1) is 17.1. The fraction of sp³-hybridized carbons (Fsp3) is 0.235. The minimum absolute atomic E-state index is 0.475. The second kappa shape index (κ2) is 6.87. The number of hydrogen-bond donors (Lipinski definition) is 1. The quantitative estimate of drug-likeness (QED) is 0.754. The number of carboxylic acid groups (broad SMARTS) is 1. The second-order valence-corrected chi connectivity index (χ2v) is 5.89. The van der Waals surface area contributed by atoms with Crippen molar-refractivity contribution >= 4 is 17.6 Å². The van der Waals surface area contributed by atoms with Crippen LogP contribution in [0.25, 0.3) is 11.1 Å². The van der Waals surface area contributed by atoms with E-state index in [0.717, 1.165) is 18.1 Å². The third kappa shape index (κ3) is 4.13. The Morgan fingerprint density at radius 3 is 2.09 bits per heavy atom. The predicted molar refractivity (Wildman–Crippen MR) is 87.2 cm³/mol. The molecule has 6 heteroatoms. The average Bonchev–Trinajstić information content (AvgIpc) is 2.53. The maximum absolute atomic E-state index is 13.9. The van der Waals surface area contributed by atoms with Crippen LogP contribution in [0.1, 0.15) is 24.9 Å². The Bertz CT molecular complexity index is 699. The van der Waals surface area contributed by atoms with Crippen LogP contribution in [-0.2, 0) is 4.79 Å². The molecule has 0 heterocycles. The van der Waals surface area contributed by atoms with E-state index < -0.39 is 24.1 Å². The van der Waals surface area contributed by atoms with Crippen molar-refractivity contribution in [3.8, 4) is 11.1 Å². The van der Waals surface area contributed by atoms with Gasteiger partial charge in [0.25, 0.3) is 0 Å². The summed E-state index contributed by atoms with van der Waals surface area (Å²) in [6, 6.07) is 13.0. The number of carboxylic acids is 1. The Hall–Kier alpha value is -2.27. The number of aliphatic carboxylic acids is 1. The maximum Gasteiger partial charge on any atom is 0.341 e. The zero-order valence-corrected chi connectivity index (χ0v) is 13.1. The van der Waals surface area contributed by atoms with E-state index in [9.17, 15) is 14.1 Å². The van der Waals surface area contributed by atoms with Crippen molar-refractivity contribution in [1.82, 2.24) is 0 Å². The Morgan fingerprint density at radius 1 is 1.17 bits per heavy atom. The van der Waals surface area contributed by atoms with E-state index in [1.165, 1.54) is 0 Å². The topological polar surface area (TPSA) is 66.7 Å². The van der Waals surface area contributed by atoms with Crippen LogP contribution in [0.15, 0.2) is 53.7 Å². The monoisotopic (exact) mass is 335 g/mol. The maximum atomic E-state index is 13.9. The van der Waals surface area contributed by atoms with E-state index in [-0.39, 0.29) is 0 Å². The molecule has 0 aliphatic heterocycles. The third-order valence-corrected chi connectivity index (χ3v) is 3.87. The van der Waals surface area contributed by atoms with Gasteiger partial charge >= 0.3 is 5.97 Å². The van der Waals surface area contributed by atoms with Gasteiger partial charge in [0.1, 0.15) is 6.04 Å². The van der Waals surface area contributed by atoms with Gasteiger partial charge in [0.15, 0.2) is 0 Å². The van der Waals surface area contributed by atoms with Crippen LogP contribution in [0.2, 0.25) is 5.02 Å². The molecule has 0 bridgehead atoms. The SMILES string of the molecule is CC(F)(CC(N=O)c1ccc(-c2ccc(Cl)cc2)cc1)C(=O)O. The predicted octanol–water partition coefficient (Wildman–Crippen LogP) is 5.02. The molecule has 0 saturated carbocycles. The standard InChI is InChI=1S/C17H15ClFNO3/c1-17(19,16(21)22)10-15(20-23)13-4-2-11(3-5-13)12-6-8-14(18)9-7-12/h2-9,15H,10H2,1H3,(H,21,22). The lowest BCUT2D eigenvalue weighted by Crippen LogP contribution is -2.31. The van der Waals surface area contributed by atoms with E-state index in [2.05, 4.69) is 5.18 Å². The molecular formula is C17H15ClFNO3. The highest BCUT2D eigenvalue weighted by Crippen LogP contribution is 2.31. The summed E-state index contributed by atoms with van der Waals surface area (Å²) in [6.45, 7) is 0.926. The first-order valence-corrected chi connectivity index (χ1v) is 7.32. The van der Waals surface area contributed by atoms with Crippen molar-refractivity contribution in [2.45, 2.75) is 25.1 Å². The molecule has 2 rings (SSSR count). The number of benzene rings is 2. The Labute approximate surface area is 137 Å². The van der Waals surface area contributed by atoms with Gasteiger partial charge in [-0.3, -0.25) is 0 Å². The highest BCUT2D eigenvalue weighted by atomic mass is 35.5. The average molecular weight is 336 g/mol. The van der Waals surface area contributed by atoms with Crippen LogP contribution >= 0.6 is 11.6 Å². The summed E-state index contributed by atoms with van der Waals surface area (Å²) in [5.74, 6) is -1.61. The number of carbonyl (C=O) groups is 1. The molecule has 0 aliphatic rings. The number of hydrogen-bond acceptors (Lipinski definition) is 3. The summed E-state index contributed by atoms with van der Waals surface area (Å²) < 4.78 is 13.9. The van der Waals surface area contributed by atoms with Gasteiger partial charge in [-0.2, -0.15) is 4.91 Å². The van der Waals surface area contributed by atoms with Crippen molar-refractivity contribution in [2.75, 3.05) is 0 Å². The molecule has 0 aromatic heterocycles. The van der Waals surface area contributed by atoms with Gasteiger partial charge in [0.2, 0.25) is 5.67 Å². The number of nitroso groups, excluding NO2 is 1. The second-order valence-electron chi connectivity index (χ2n) is 5.46. The summed E-state index contributed by atoms with van der Waals surface area (Å²) in [7, 11) is 0. The molecule has 0 aliphatic carbocycles. The van der Waals surface area contributed by atoms with Gasteiger partial charge in [-0.25, -0.2) is 9.18 Å². The fourth-order valence-corrected chi connectivity index (χ4v) is 2.33. The first-order chi connectivity index (χ1) is 10.8. The number of rotatable bonds is 6. The van der Waals surface area contributed by atoms with Crippen LogP contribution in [0.4, 0.5) is 4.39 Å². The number of alkyl halides is 1. The lowest BCUT2D eigenvalue weighted by Gasteiger charge is -2.18. The molecule has 2 atom stereocenters. The molecule has 0 amide bonds. The number of nitrogens with zero attached hydrogens (tertiary/aromatic N) is 1. The summed E-state index contributed by atoms with van der Waals surface area (Å²) in [5.41, 5.74) is -0.190. The van der Waals surface area contributed by atoms with Crippen molar-refractivity contribution in [3.05, 3.63) is 64.0 Å². The largest absolute Gasteiger partial charge is 0.479 e. The molecule has 23 heavy (non-hydrogen) atoms. The van der Waals surface area contributed by atoms with E-state index in [1.807, 2.05) is 12.1 Å². The van der Waals surface area contributed by atoms with Gasteiger partial charge < -0.3 is 5.11 Å². The van der Waals surface area contributed by atoms with Crippen LogP contribution in [0.3, 0.4) is 0 Å². The van der Waals surface area contributed by atoms with Crippen molar-refractivity contribution < 1.29 is 14.3 Å². The molecular weight excluding hydrogens is 321 g/mol. The van der Waals surface area contributed by atoms with Crippen LogP contribution in [0, 0.1) is 4.91 Å². The minimum atomic E-state index is -2.51. The van der Waals surface area contributed by atoms with E-state index in [0.29, 0.717) is 10.6 Å². The minimum Gasteiger partial charge on any atom is -0.479 e. The zero-order chi connectivity index (χ0) is 17.0. The van der Waals surface area contributed by atoms with E-state index in [1.54, 1.807) is 36.4 Å². The molecule has 0 radical (unpaired) electrons. The third-order valence-electron chi connectivity index (χ3n) is 3.62. The van der Waals surface area contributed by atoms with Gasteiger partial charge in [0.05, 0.1) is 0 Å². The Kier molecular flexibility index (Phi) is 5.11. The number of halogens is 2. The molecule has 120 valence electrons. The smallest absolute Gasteiger partial charge is 0.341 e. The molecule has 2 aromatic rings. The summed E-state index contributed by atoms with van der Waals surface area (Å²) in [6.07, 6.45) is -0.508. The normalized spacial score (nSPS) is 14.7. The lowest BCUT2D eigenvalue weighted by atomic mass is 9.93. The van der Waals surface area contributed by atoms with Crippen LogP contribution in [0.5, 0.6) is 0 Å². The summed E-state index contributed by atoms with van der Waals surface area (Å²) >= 11 is 5.84. The molecule has 2 aromatic carbocycles. The van der Waals surface area contributed by atoms with Gasteiger partial charge in [-0.05, 0) is 35.7 Å². The molecule has 2 unspecified atom stereocenters. The van der Waals surface area contributed by atoms with Gasteiger partial charge in [-0.15, -0.1) is 0 Å². The van der Waals surface area contributed by atoms with E-state index >= 15 is 0 Å². The van der Waals surface area contributed by atoms with Crippen LogP contribution < -0.4 is 0 Å². The van der Waals surface area contributed by atoms with Crippen molar-refractivity contribution in [2.24, 2.45) is 5.18 Å². The van der Waals surface area contributed by atoms with Crippen molar-refractivity contribution in [1.29, 1.82) is 0 Å². The first-order valence-electron chi connectivity index (χ1n) is 6.94. The molecule has 0 spiro atoms. The molecule has 1 N–H and O–H groups in total. The fourth-order valence-electron chi connectivity index (χ4n) is 2.21. The van der Waals surface area contributed by atoms with Crippen molar-refractivity contribution in [3.63, 3.8) is 0 Å². The van der Waals surface area contributed by atoms with Gasteiger partial charge in [-0.1, -0.05) is 53.2 Å². The Morgan fingerprint density at radius 2 is 1.65 bits per heavy atom. The highest BCUT2D eigenvalue weighted by molar-refractivity contribution is 6.30. The van der Waals surface area contributed by atoms with Crippen LogP contribution in [-0.4, -0.2) is 16.7 Å². The lowest BCUT2D eigenvalue weighted by molar-refractivity contribution is -0.150. The zero-order valence-electron chi connectivity index (χ0n) is 12.4.